The van der Waals surface area contributed by atoms with Gasteiger partial charge in [0.2, 0.25) is 5.91 Å². The Bertz CT molecular complexity index is 4790. The number of imidazole rings is 3. The molecule has 4 aromatic carbocycles. The molecule has 1 aliphatic heterocycles. The number of methoxy groups -OCH3 is 1. The van der Waals surface area contributed by atoms with Crippen molar-refractivity contribution in [1.29, 1.82) is 0 Å². The number of imide groups is 1. The van der Waals surface area contributed by atoms with Gasteiger partial charge in [-0.15, -0.1) is 0 Å². The van der Waals surface area contributed by atoms with E-state index in [1.54, 1.807) is 70.2 Å². The minimum absolute atomic E-state index is 0.151. The van der Waals surface area contributed by atoms with Crippen LogP contribution in [0.5, 0.6) is 0 Å². The Hall–Kier alpha value is -10.2. The molecule has 7 heterocycles. The molecule has 6 aromatic heterocycles. The molecular formula is C79H97N13O12. The lowest BCUT2D eigenvalue weighted by Crippen LogP contribution is -2.37. The number of anilines is 3. The van der Waals surface area contributed by atoms with Crippen molar-refractivity contribution in [3.05, 3.63) is 137 Å². The van der Waals surface area contributed by atoms with Crippen molar-refractivity contribution in [2.45, 2.75) is 196 Å². The molecule has 0 radical (unpaired) electrons. The Labute approximate surface area is 604 Å². The normalized spacial score (nSPS) is 15.2. The number of aliphatic hydroxyl groups is 3. The van der Waals surface area contributed by atoms with Gasteiger partial charge in [-0.05, 0) is 145 Å². The first-order chi connectivity index (χ1) is 49.9. The van der Waals surface area contributed by atoms with E-state index in [2.05, 4.69) is 36.1 Å². The summed E-state index contributed by atoms with van der Waals surface area (Å²) in [6, 6.07) is 25.3. The van der Waals surface area contributed by atoms with E-state index >= 15 is 0 Å². The van der Waals surface area contributed by atoms with Crippen molar-refractivity contribution in [2.24, 2.45) is 11.8 Å². The number of amides is 3. The number of esters is 3. The number of aryl methyl sites for hydroxylation is 3. The van der Waals surface area contributed by atoms with E-state index in [1.165, 1.54) is 24.2 Å². The second-order valence-corrected chi connectivity index (χ2v) is 27.8. The highest BCUT2D eigenvalue weighted by atomic mass is 16.5. The van der Waals surface area contributed by atoms with Crippen LogP contribution in [0.1, 0.15) is 187 Å². The number of pyridine rings is 3. The maximum Gasteiger partial charge on any atom is 0.338 e. The molecule has 1 saturated carbocycles. The molecule has 3 amide bonds. The SMILES string of the molecule is CCCCOC(=O)c1ccc2c(c1)nc(N)c1nc(CCCC)n(CC(C)O)c12.CCCCc1nc2c(N)nc3cc(C(=O)OCc4ccccc4)ccc3c2n1CC(C)O.CCCCc1nc2c(NC(=O)C3CCC(CN4C(=O)C=CC4=O)CC3)nc3cc(C(=O)OC)ccc3c2n1CC(C)(C)O. The fraction of sp³-hybridized carbons (Fsp3) is 0.443. The van der Waals surface area contributed by atoms with Gasteiger partial charge in [-0.3, -0.25) is 19.3 Å². The van der Waals surface area contributed by atoms with Crippen LogP contribution in [-0.4, -0.2) is 138 Å². The zero-order chi connectivity index (χ0) is 74.5. The molecule has 2 unspecified atom stereocenters. The minimum atomic E-state index is -1.03. The second kappa shape index (κ2) is 34.4. The number of carbonyl (C=O) groups excluding carboxylic acids is 6. The fourth-order valence-corrected chi connectivity index (χ4v) is 13.4. The number of aliphatic hydroxyl groups excluding tert-OH is 2. The van der Waals surface area contributed by atoms with E-state index in [-0.39, 0.29) is 48.7 Å². The molecule has 12 rings (SSSR count). The largest absolute Gasteiger partial charge is 0.465 e. The van der Waals surface area contributed by atoms with E-state index in [0.717, 1.165) is 133 Å². The number of nitrogens with zero attached hydrogens (tertiary/aromatic N) is 10. The van der Waals surface area contributed by atoms with E-state index in [4.69, 9.17) is 45.6 Å². The number of nitrogens with two attached hydrogens (primary N) is 2. The Morgan fingerprint density at radius 2 is 1.02 bits per heavy atom. The third-order valence-corrected chi connectivity index (χ3v) is 18.7. The first-order valence-electron chi connectivity index (χ1n) is 36.3. The zero-order valence-electron chi connectivity index (χ0n) is 61.0. The van der Waals surface area contributed by atoms with Crippen molar-refractivity contribution in [3.63, 3.8) is 0 Å². The van der Waals surface area contributed by atoms with E-state index < -0.39 is 29.7 Å². The summed E-state index contributed by atoms with van der Waals surface area (Å²) >= 11 is 0. The molecule has 25 heteroatoms. The van der Waals surface area contributed by atoms with E-state index in [0.29, 0.717) is 113 Å². The molecule has 10 aromatic rings. The predicted molar refractivity (Wildman–Crippen MR) is 401 cm³/mol. The number of carbonyl (C=O) groups is 6. The smallest absolute Gasteiger partial charge is 0.338 e. The Morgan fingerprint density at radius 3 is 1.48 bits per heavy atom. The Morgan fingerprint density at radius 1 is 0.577 bits per heavy atom. The highest BCUT2D eigenvalue weighted by Crippen LogP contribution is 2.37. The standard InChI is InChI=1S/C32H39N5O6.C25H28N4O3.C22H30N4O3/c1-5-6-7-24-34-27-28(37(24)18-32(2,3)42)22-13-12-21(31(41)43-4)16-23(22)33-29(27)35-30(40)20-10-8-19(9-11-20)17-36-25(38)14-15-26(36)39;1-3-4-10-21-28-22-23(29(21)14-16(2)30)19-12-11-18(13-20(19)27-24(22)26)25(31)32-15-17-8-6-5-7-9-17;1-4-6-8-18-25-19-20(26(18)13-14(3)27)16-10-9-15(12-17(16)24-21(19)23)22(28)29-11-7-5-2/h12-16,19-20,42H,5-11,17-18H2,1-4H3,(H,33,35,40);5-9,11-13,16,30H,3-4,10,14-15H2,1-2H3,(H2,26,27);9-10,12,14,27H,4-8,11,13H2,1-3H3,(H2,23,24). The summed E-state index contributed by atoms with van der Waals surface area (Å²) < 4.78 is 21.8. The molecule has 2 aliphatic rings. The van der Waals surface area contributed by atoms with Crippen LogP contribution < -0.4 is 16.8 Å². The average Bonchev–Trinajstić information content (AvgIpc) is 1.57. The Kier molecular flexibility index (Phi) is 25.2. The van der Waals surface area contributed by atoms with Crippen LogP contribution in [0, 0.1) is 11.8 Å². The number of ether oxygens (including phenoxy) is 3. The summed E-state index contributed by atoms with van der Waals surface area (Å²) in [5.41, 5.74) is 19.5. The third-order valence-electron chi connectivity index (χ3n) is 18.7. The van der Waals surface area contributed by atoms with Crippen molar-refractivity contribution >= 4 is 119 Å². The maximum atomic E-state index is 13.6. The highest BCUT2D eigenvalue weighted by Gasteiger charge is 2.33. The molecule has 0 spiro atoms. The summed E-state index contributed by atoms with van der Waals surface area (Å²) in [4.78, 5) is 104. The second-order valence-electron chi connectivity index (χ2n) is 27.8. The van der Waals surface area contributed by atoms with Crippen LogP contribution in [0.15, 0.2) is 97.1 Å². The van der Waals surface area contributed by atoms with Crippen molar-refractivity contribution in [2.75, 3.05) is 37.0 Å². The van der Waals surface area contributed by atoms with Gasteiger partial charge in [0, 0.05) is 60.0 Å². The predicted octanol–water partition coefficient (Wildman–Crippen LogP) is 12.2. The molecule has 550 valence electrons. The fourth-order valence-electron chi connectivity index (χ4n) is 13.4. The highest BCUT2D eigenvalue weighted by molar-refractivity contribution is 6.14. The van der Waals surface area contributed by atoms with Gasteiger partial charge in [0.05, 0.1) is 101 Å². The molecule has 25 nitrogen and oxygen atoms in total. The maximum absolute atomic E-state index is 13.6. The van der Waals surface area contributed by atoms with Gasteiger partial charge in [0.25, 0.3) is 11.8 Å². The van der Waals surface area contributed by atoms with Crippen LogP contribution in [-0.2, 0) is 74.1 Å². The third kappa shape index (κ3) is 18.0. The van der Waals surface area contributed by atoms with Gasteiger partial charge in [0.15, 0.2) is 17.5 Å². The summed E-state index contributed by atoms with van der Waals surface area (Å²) in [6.45, 7) is 17.5. The first kappa shape index (κ1) is 76.4. The van der Waals surface area contributed by atoms with Gasteiger partial charge in [0.1, 0.15) is 40.6 Å². The number of hydrogen-bond donors (Lipinski definition) is 6. The molecule has 104 heavy (non-hydrogen) atoms. The molecule has 8 N–H and O–H groups in total. The molecule has 0 saturated heterocycles. The monoisotopic (exact) mass is 1420 g/mol. The van der Waals surface area contributed by atoms with E-state index in [1.807, 2.05) is 63.1 Å². The number of unbranched alkanes of at least 4 members (excludes halogenated alkanes) is 4. The van der Waals surface area contributed by atoms with Crippen molar-refractivity contribution in [1.82, 2.24) is 48.5 Å². The van der Waals surface area contributed by atoms with Crippen molar-refractivity contribution < 1.29 is 58.3 Å². The van der Waals surface area contributed by atoms with Crippen LogP contribution in [0.4, 0.5) is 17.5 Å². The van der Waals surface area contributed by atoms with Gasteiger partial charge in [-0.2, -0.15) is 0 Å². The molecule has 1 fully saturated rings. The molecule has 2 atom stereocenters. The number of nitrogens with one attached hydrogen (secondary N) is 1. The van der Waals surface area contributed by atoms with Gasteiger partial charge in [-0.25, -0.2) is 44.3 Å². The first-order valence-corrected chi connectivity index (χ1v) is 36.3. The summed E-state index contributed by atoms with van der Waals surface area (Å²) in [7, 11) is 1.32. The van der Waals surface area contributed by atoms with Gasteiger partial charge >= 0.3 is 17.9 Å². The lowest BCUT2D eigenvalue weighted by atomic mass is 9.81. The number of rotatable bonds is 27. The van der Waals surface area contributed by atoms with E-state index in [9.17, 15) is 44.1 Å². The number of nitrogen functional groups attached to an aromatic ring is 2. The van der Waals surface area contributed by atoms with Crippen LogP contribution in [0.3, 0.4) is 0 Å². The zero-order valence-corrected chi connectivity index (χ0v) is 61.0. The van der Waals surface area contributed by atoms with Gasteiger partial charge < -0.3 is 60.0 Å². The lowest BCUT2D eigenvalue weighted by molar-refractivity contribution is -0.138. The molecule has 0 bridgehead atoms. The summed E-state index contributed by atoms with van der Waals surface area (Å²) in [5, 5.41) is 36.4. The van der Waals surface area contributed by atoms with Gasteiger partial charge in [-0.1, -0.05) is 83.7 Å². The quantitative estimate of drug-likeness (QED) is 0.0120. The number of hydrogen-bond acceptors (Lipinski definition) is 20. The number of fused-ring (bicyclic) bond motifs is 9. The molecule has 1 aliphatic carbocycles. The summed E-state index contributed by atoms with van der Waals surface area (Å²) in [6.07, 6.45) is 14.3. The minimum Gasteiger partial charge on any atom is -0.465 e. The lowest BCUT2D eigenvalue weighted by Gasteiger charge is -2.29. The molecular weight excluding hydrogens is 1320 g/mol. The van der Waals surface area contributed by atoms with Crippen molar-refractivity contribution in [3.8, 4) is 0 Å². The average molecular weight is 1420 g/mol. The number of benzene rings is 4. The topological polar surface area (TPSA) is 350 Å². The van der Waals surface area contributed by atoms with Crippen LogP contribution in [0.2, 0.25) is 0 Å². The number of aromatic nitrogens is 9. The van der Waals surface area contributed by atoms with Crippen LogP contribution >= 0.6 is 0 Å². The summed E-state index contributed by atoms with van der Waals surface area (Å²) in [5.74, 6) is 1.40. The van der Waals surface area contributed by atoms with Crippen LogP contribution in [0.25, 0.3) is 65.8 Å². The Balaban J connectivity index is 0.000000172.